The van der Waals surface area contributed by atoms with E-state index in [0.29, 0.717) is 6.42 Å². The van der Waals surface area contributed by atoms with Crippen molar-refractivity contribution in [3.8, 4) is 5.75 Å². The van der Waals surface area contributed by atoms with Crippen LogP contribution >= 0.6 is 0 Å². The number of aliphatic hydroxyl groups excluding tert-OH is 2. The summed E-state index contributed by atoms with van der Waals surface area (Å²) in [4.78, 5) is 29.0. The Hall–Kier alpha value is -3.35. The lowest BCUT2D eigenvalue weighted by Gasteiger charge is -2.37. The maximum atomic E-state index is 13.4. The largest absolute Gasteiger partial charge is 0.511 e. The Morgan fingerprint density at radius 3 is 2.44 bits per heavy atom. The Balaban J connectivity index is 1.36. The van der Waals surface area contributed by atoms with E-state index in [1.807, 2.05) is 6.08 Å². The molecule has 7 rings (SSSR count). The summed E-state index contributed by atoms with van der Waals surface area (Å²) in [5.41, 5.74) is 6.13. The summed E-state index contributed by atoms with van der Waals surface area (Å²) in [5, 5.41) is 34.0. The average Bonchev–Trinajstić information content (AvgIpc) is 3.11. The van der Waals surface area contributed by atoms with Crippen molar-refractivity contribution in [3.63, 3.8) is 0 Å². The molecule has 6 aliphatic rings. The molecule has 0 bridgehead atoms. The third-order valence-electron chi connectivity index (χ3n) is 9.05. The van der Waals surface area contributed by atoms with Crippen molar-refractivity contribution < 1.29 is 29.5 Å². The molecule has 2 unspecified atom stereocenters. The first-order valence-corrected chi connectivity index (χ1v) is 13.4. The highest BCUT2D eigenvalue weighted by Crippen LogP contribution is 2.48. The summed E-state index contributed by atoms with van der Waals surface area (Å²) in [6.45, 7) is 3.82. The summed E-state index contributed by atoms with van der Waals surface area (Å²) < 4.78 is 2.31. The van der Waals surface area contributed by atoms with E-state index in [9.17, 15) is 24.9 Å². The number of allylic oxidation sites excluding steroid dienone is 5. The van der Waals surface area contributed by atoms with Gasteiger partial charge in [0.05, 0.1) is 23.0 Å². The number of nitrogens with zero attached hydrogens (tertiary/aromatic N) is 2. The summed E-state index contributed by atoms with van der Waals surface area (Å²) in [7, 11) is 0. The molecule has 4 heterocycles. The Bertz CT molecular complexity index is 1370. The van der Waals surface area contributed by atoms with Crippen molar-refractivity contribution in [1.29, 1.82) is 0 Å². The smallest absolute Gasteiger partial charge is 0.233 e. The molecule has 36 heavy (non-hydrogen) atoms. The number of aryl methyl sites for hydroxylation is 1. The van der Waals surface area contributed by atoms with E-state index in [1.165, 1.54) is 0 Å². The van der Waals surface area contributed by atoms with Crippen molar-refractivity contribution in [2.45, 2.75) is 51.4 Å². The topological polar surface area (TPSA) is 101 Å². The van der Waals surface area contributed by atoms with E-state index < -0.39 is 23.4 Å². The third-order valence-corrected chi connectivity index (χ3v) is 9.05. The third kappa shape index (κ3) is 2.88. The fourth-order valence-corrected chi connectivity index (χ4v) is 7.52. The number of rotatable bonds is 2. The Kier molecular flexibility index (Phi) is 4.76. The molecule has 0 amide bonds. The van der Waals surface area contributed by atoms with Crippen LogP contribution in [-0.2, 0) is 22.4 Å². The number of anilines is 1. The standard InChI is InChI=1S/C29H30N2O5/c32-25-17-7-3-11-30-9-1-5-15(23(17)30)13-19(25)21-27(34)22(29(36)28(21)35)20-14-16-6-2-10-31-12-4-8-18(24(16)31)26(20)33/h13-14,19,21H,1-12H2,(H2,33,34,35,36)/p+1. The molecule has 7 heteroatoms. The highest BCUT2D eigenvalue weighted by molar-refractivity contribution is 6.58. The van der Waals surface area contributed by atoms with Crippen molar-refractivity contribution in [1.82, 2.24) is 0 Å². The lowest BCUT2D eigenvalue weighted by atomic mass is 9.75. The van der Waals surface area contributed by atoms with Gasteiger partial charge in [-0.2, -0.15) is 0 Å². The first-order chi connectivity index (χ1) is 17.5. The van der Waals surface area contributed by atoms with Crippen molar-refractivity contribution in [2.75, 3.05) is 31.1 Å². The molecule has 0 fully saturated rings. The van der Waals surface area contributed by atoms with E-state index in [1.54, 1.807) is 6.07 Å². The van der Waals surface area contributed by atoms with Gasteiger partial charge in [0.2, 0.25) is 17.3 Å². The van der Waals surface area contributed by atoms with E-state index in [-0.39, 0.29) is 28.4 Å². The van der Waals surface area contributed by atoms with Crippen LogP contribution in [-0.4, -0.2) is 63.4 Å². The SMILES string of the molecule is O=C1C(=O)C(C2C=C3CCC[N+]4=C3C(=C2O)CCC4)C(O)=C1c1cc2c3c(c1O)CCCN3CCC2. The Morgan fingerprint density at radius 1 is 0.889 bits per heavy atom. The van der Waals surface area contributed by atoms with Crippen LogP contribution < -0.4 is 4.90 Å². The van der Waals surface area contributed by atoms with Crippen LogP contribution in [0.4, 0.5) is 5.69 Å². The first kappa shape index (κ1) is 21.9. The Morgan fingerprint density at radius 2 is 1.64 bits per heavy atom. The number of ketones is 2. The zero-order valence-electron chi connectivity index (χ0n) is 20.3. The Labute approximate surface area is 209 Å². The van der Waals surface area contributed by atoms with Gasteiger partial charge in [-0.05, 0) is 50.2 Å². The molecule has 4 aliphatic heterocycles. The maximum Gasteiger partial charge on any atom is 0.233 e. The lowest BCUT2D eigenvalue weighted by Crippen LogP contribution is -2.39. The number of carbonyl (C=O) groups excluding carboxylic acids is 2. The zero-order valence-corrected chi connectivity index (χ0v) is 20.3. The number of carbonyl (C=O) groups is 2. The fraction of sp³-hybridized carbons (Fsp3) is 0.483. The summed E-state index contributed by atoms with van der Waals surface area (Å²) in [5.74, 6) is -3.64. The number of benzene rings is 1. The molecule has 7 nitrogen and oxygen atoms in total. The van der Waals surface area contributed by atoms with Gasteiger partial charge < -0.3 is 20.2 Å². The van der Waals surface area contributed by atoms with Gasteiger partial charge in [-0.1, -0.05) is 6.08 Å². The second-order valence-electron chi connectivity index (χ2n) is 11.0. The second kappa shape index (κ2) is 7.82. The van der Waals surface area contributed by atoms with Gasteiger partial charge in [0.15, 0.2) is 0 Å². The van der Waals surface area contributed by atoms with E-state index >= 15 is 0 Å². The number of hydrogen-bond donors (Lipinski definition) is 3. The fourth-order valence-electron chi connectivity index (χ4n) is 7.52. The van der Waals surface area contributed by atoms with Crippen LogP contribution in [0, 0.1) is 11.8 Å². The molecule has 0 aromatic heterocycles. The molecule has 0 saturated carbocycles. The monoisotopic (exact) mass is 487 g/mol. The van der Waals surface area contributed by atoms with Gasteiger partial charge in [-0.3, -0.25) is 9.59 Å². The zero-order chi connectivity index (χ0) is 24.7. The van der Waals surface area contributed by atoms with Gasteiger partial charge >= 0.3 is 0 Å². The van der Waals surface area contributed by atoms with E-state index in [4.69, 9.17) is 0 Å². The molecule has 1 aromatic carbocycles. The maximum absolute atomic E-state index is 13.4. The highest BCUT2D eigenvalue weighted by Gasteiger charge is 2.50. The quantitative estimate of drug-likeness (QED) is 0.436. The first-order valence-electron chi connectivity index (χ1n) is 13.4. The predicted molar refractivity (Wildman–Crippen MR) is 135 cm³/mol. The number of hydrogen-bond acceptors (Lipinski definition) is 6. The minimum atomic E-state index is -1.16. The normalized spacial score (nSPS) is 27.4. The van der Waals surface area contributed by atoms with Gasteiger partial charge in [0.1, 0.15) is 30.4 Å². The molecular weight excluding hydrogens is 456 g/mol. The minimum Gasteiger partial charge on any atom is -0.511 e. The number of Topliss-reactive ketones (excluding diaryl/α,β-unsaturated/α-hetero) is 2. The van der Waals surface area contributed by atoms with Crippen LogP contribution in [0.2, 0.25) is 0 Å². The van der Waals surface area contributed by atoms with Gasteiger partial charge in [0, 0.05) is 48.3 Å². The van der Waals surface area contributed by atoms with E-state index in [0.717, 1.165) is 105 Å². The van der Waals surface area contributed by atoms with Crippen LogP contribution in [0.3, 0.4) is 0 Å². The number of aliphatic hydroxyl groups is 2. The average molecular weight is 488 g/mol. The van der Waals surface area contributed by atoms with Crippen LogP contribution in [0.25, 0.3) is 5.57 Å². The van der Waals surface area contributed by atoms with Gasteiger partial charge in [0.25, 0.3) is 0 Å². The summed E-state index contributed by atoms with van der Waals surface area (Å²) in [6.07, 6.45) is 8.85. The molecule has 0 spiro atoms. The van der Waals surface area contributed by atoms with Gasteiger partial charge in [-0.15, -0.1) is 0 Å². The molecule has 0 radical (unpaired) electrons. The highest BCUT2D eigenvalue weighted by atomic mass is 16.3. The van der Waals surface area contributed by atoms with Crippen LogP contribution in [0.15, 0.2) is 34.8 Å². The molecule has 2 aliphatic carbocycles. The van der Waals surface area contributed by atoms with Crippen molar-refractivity contribution in [2.24, 2.45) is 11.8 Å². The number of phenols is 1. The van der Waals surface area contributed by atoms with Crippen LogP contribution in [0.5, 0.6) is 5.75 Å². The second-order valence-corrected chi connectivity index (χ2v) is 11.0. The molecule has 3 N–H and O–H groups in total. The molecule has 2 atom stereocenters. The molecule has 0 saturated heterocycles. The van der Waals surface area contributed by atoms with Crippen LogP contribution in [0.1, 0.15) is 55.2 Å². The number of aromatic hydroxyl groups is 1. The van der Waals surface area contributed by atoms with Crippen molar-refractivity contribution in [3.05, 3.63) is 51.5 Å². The van der Waals surface area contributed by atoms with E-state index in [2.05, 4.69) is 9.48 Å². The molecule has 1 aromatic rings. The lowest BCUT2D eigenvalue weighted by molar-refractivity contribution is -0.533. The van der Waals surface area contributed by atoms with Crippen molar-refractivity contribution >= 4 is 28.5 Å². The van der Waals surface area contributed by atoms with Gasteiger partial charge in [-0.25, -0.2) is 4.58 Å². The number of phenolic OH excluding ortho intramolecular Hbond substituents is 1. The predicted octanol–water partition coefficient (Wildman–Crippen LogP) is 3.54. The molecular formula is C29H31N2O5+. The summed E-state index contributed by atoms with van der Waals surface area (Å²) in [6, 6.07) is 1.80. The minimum absolute atomic E-state index is 0.000835. The molecule has 186 valence electrons. The summed E-state index contributed by atoms with van der Waals surface area (Å²) >= 11 is 0.